The predicted octanol–water partition coefficient (Wildman–Crippen LogP) is 4.64. The number of hydrogen-bond acceptors (Lipinski definition) is 4. The van der Waals surface area contributed by atoms with Crippen LogP contribution in [0.3, 0.4) is 0 Å². The van der Waals surface area contributed by atoms with Crippen molar-refractivity contribution in [1.29, 1.82) is 0 Å². The van der Waals surface area contributed by atoms with E-state index in [9.17, 15) is 14.7 Å². The molecule has 0 radical (unpaired) electrons. The lowest BCUT2D eigenvalue weighted by molar-refractivity contribution is 0.460. The summed E-state index contributed by atoms with van der Waals surface area (Å²) in [6.45, 7) is 3.82. The number of rotatable bonds is 4. The Morgan fingerprint density at radius 3 is 2.43 bits per heavy atom. The van der Waals surface area contributed by atoms with Crippen LogP contribution >= 0.6 is 0 Å². The maximum atomic E-state index is 13.7. The zero-order valence-electron chi connectivity index (χ0n) is 20.6. The molecule has 0 unspecified atom stereocenters. The predicted molar refractivity (Wildman–Crippen MR) is 147 cm³/mol. The van der Waals surface area contributed by atoms with Gasteiger partial charge in [0, 0.05) is 19.7 Å². The van der Waals surface area contributed by atoms with E-state index in [0.29, 0.717) is 28.6 Å². The molecule has 3 heterocycles. The number of benzene rings is 3. The molecule has 0 fully saturated rings. The number of anilines is 1. The maximum absolute atomic E-state index is 13.7. The van der Waals surface area contributed by atoms with E-state index in [1.807, 2.05) is 72.8 Å². The molecule has 3 aromatic carbocycles. The van der Waals surface area contributed by atoms with E-state index in [2.05, 4.69) is 16.5 Å². The number of nitrogens with zero attached hydrogens (tertiary/aromatic N) is 3. The van der Waals surface area contributed by atoms with Crippen molar-refractivity contribution in [2.75, 3.05) is 5.32 Å². The van der Waals surface area contributed by atoms with Crippen molar-refractivity contribution in [3.05, 3.63) is 123 Å². The minimum absolute atomic E-state index is 0.162. The summed E-state index contributed by atoms with van der Waals surface area (Å²) in [4.78, 5) is 26.9. The molecule has 7 nitrogen and oxygen atoms in total. The summed E-state index contributed by atoms with van der Waals surface area (Å²) in [5.41, 5.74) is 5.17. The second-order valence-electron chi connectivity index (χ2n) is 9.31. The van der Waals surface area contributed by atoms with Gasteiger partial charge in [0.15, 0.2) is 0 Å². The van der Waals surface area contributed by atoms with Gasteiger partial charge in [-0.25, -0.2) is 4.79 Å². The molecular formula is C30H26N4O3. The number of phenolic OH excluding ortho intramolecular Hbond substituents is 1. The van der Waals surface area contributed by atoms with Crippen LogP contribution in [0.1, 0.15) is 22.9 Å². The first kappa shape index (κ1) is 22.7. The third-order valence-corrected chi connectivity index (χ3v) is 7.20. The molecule has 1 aliphatic rings. The molecule has 0 amide bonds. The Labute approximate surface area is 213 Å². The number of fused-ring (bicyclic) bond motifs is 5. The van der Waals surface area contributed by atoms with Crippen LogP contribution in [0.2, 0.25) is 0 Å². The number of para-hydroxylation sites is 3. The van der Waals surface area contributed by atoms with Gasteiger partial charge in [-0.3, -0.25) is 13.9 Å². The summed E-state index contributed by atoms with van der Waals surface area (Å²) >= 11 is 0. The lowest BCUT2D eigenvalue weighted by Gasteiger charge is -2.31. The van der Waals surface area contributed by atoms with E-state index < -0.39 is 11.7 Å². The Hall–Kier alpha value is -4.78. The lowest BCUT2D eigenvalue weighted by atomic mass is 9.95. The summed E-state index contributed by atoms with van der Waals surface area (Å²) in [6.07, 6.45) is 2.26. The number of allylic oxidation sites excluding steroid dienone is 1. The zero-order chi connectivity index (χ0) is 25.8. The largest absolute Gasteiger partial charge is 0.507 e. The minimum Gasteiger partial charge on any atom is -0.507 e. The Kier molecular flexibility index (Phi) is 5.15. The Morgan fingerprint density at radius 1 is 0.946 bits per heavy atom. The molecule has 37 heavy (non-hydrogen) atoms. The molecule has 2 N–H and O–H groups in total. The van der Waals surface area contributed by atoms with Gasteiger partial charge in [-0.05, 0) is 29.7 Å². The molecular weight excluding hydrogens is 464 g/mol. The van der Waals surface area contributed by atoms with Crippen molar-refractivity contribution in [1.82, 2.24) is 13.7 Å². The Morgan fingerprint density at radius 2 is 1.68 bits per heavy atom. The topological polar surface area (TPSA) is 81.2 Å². The first-order chi connectivity index (χ1) is 17.9. The van der Waals surface area contributed by atoms with E-state index in [1.54, 1.807) is 13.1 Å². The number of nitrogens with one attached hydrogen (secondary N) is 1. The molecule has 184 valence electrons. The van der Waals surface area contributed by atoms with Crippen LogP contribution in [-0.4, -0.2) is 18.8 Å². The monoisotopic (exact) mass is 490 g/mol. The zero-order valence-corrected chi connectivity index (χ0v) is 20.6. The fourth-order valence-electron chi connectivity index (χ4n) is 5.49. The van der Waals surface area contributed by atoms with Crippen molar-refractivity contribution < 1.29 is 5.11 Å². The highest BCUT2D eigenvalue weighted by molar-refractivity contribution is 5.99. The molecule has 0 aliphatic carbocycles. The van der Waals surface area contributed by atoms with Gasteiger partial charge in [-0.2, -0.15) is 0 Å². The van der Waals surface area contributed by atoms with Gasteiger partial charge in [-0.1, -0.05) is 66.7 Å². The minimum atomic E-state index is -0.530. The molecule has 0 spiro atoms. The second-order valence-corrected chi connectivity index (χ2v) is 9.31. The van der Waals surface area contributed by atoms with Gasteiger partial charge in [0.2, 0.25) is 0 Å². The summed E-state index contributed by atoms with van der Waals surface area (Å²) in [7, 11) is 3.19. The van der Waals surface area contributed by atoms with Crippen LogP contribution in [0.25, 0.3) is 27.8 Å². The number of aryl methyl sites for hydroxylation is 1. The third kappa shape index (κ3) is 3.20. The van der Waals surface area contributed by atoms with E-state index in [-0.39, 0.29) is 11.3 Å². The first-order valence-corrected chi connectivity index (χ1v) is 12.1. The number of aromatic nitrogens is 3. The molecule has 2 aromatic heterocycles. The second kappa shape index (κ2) is 8.41. The smallest absolute Gasteiger partial charge is 0.331 e. The Balaban J connectivity index is 1.84. The number of aromatic hydroxyl groups is 1. The van der Waals surface area contributed by atoms with Gasteiger partial charge in [-0.15, -0.1) is 6.58 Å². The normalized spacial score (nSPS) is 14.2. The molecule has 5 aromatic rings. The lowest BCUT2D eigenvalue weighted by Crippen LogP contribution is -2.37. The van der Waals surface area contributed by atoms with Gasteiger partial charge >= 0.3 is 5.69 Å². The fraction of sp³-hybridized carbons (Fsp3) is 0.133. The standard InChI is InChI=1S/C30H26N4O3/c1-4-11-19-14-10-15-20(28(19)35)24-27-26-23(29(36)33(3)30(37)32(26)2)25(18-12-6-5-7-13-18)34(27)22-17-9-8-16-21(22)31-24/h4-10,12-17,24,31,35H,1,11H2,2-3H3/t24-/m1/s1. The van der Waals surface area contributed by atoms with E-state index in [0.717, 1.165) is 32.8 Å². The highest BCUT2D eigenvalue weighted by atomic mass is 16.3. The van der Waals surface area contributed by atoms with E-state index in [1.165, 1.54) is 11.6 Å². The van der Waals surface area contributed by atoms with Crippen LogP contribution in [-0.2, 0) is 20.5 Å². The van der Waals surface area contributed by atoms with Gasteiger partial charge in [0.1, 0.15) is 5.75 Å². The SMILES string of the molecule is C=CCc1cccc([C@H]2Nc3ccccc3-n3c(-c4ccccc4)c4c(=O)n(C)c(=O)n(C)c4c32)c1O. The van der Waals surface area contributed by atoms with E-state index >= 15 is 0 Å². The molecule has 7 heteroatoms. The molecule has 0 saturated heterocycles. The van der Waals surface area contributed by atoms with Crippen LogP contribution in [0.4, 0.5) is 5.69 Å². The third-order valence-electron chi connectivity index (χ3n) is 7.20. The quantitative estimate of drug-likeness (QED) is 0.360. The van der Waals surface area contributed by atoms with Crippen molar-refractivity contribution >= 4 is 16.6 Å². The van der Waals surface area contributed by atoms with Gasteiger partial charge in [0.05, 0.1) is 39.7 Å². The molecule has 1 aliphatic heterocycles. The van der Waals surface area contributed by atoms with Gasteiger partial charge in [0.25, 0.3) is 5.56 Å². The maximum Gasteiger partial charge on any atom is 0.331 e. The summed E-state index contributed by atoms with van der Waals surface area (Å²) in [5.74, 6) is 0.162. The van der Waals surface area contributed by atoms with Crippen molar-refractivity contribution in [2.45, 2.75) is 12.5 Å². The fourth-order valence-corrected chi connectivity index (χ4v) is 5.49. The summed E-state index contributed by atoms with van der Waals surface area (Å²) in [5, 5.41) is 15.4. The summed E-state index contributed by atoms with van der Waals surface area (Å²) in [6, 6.07) is 22.7. The van der Waals surface area contributed by atoms with Crippen molar-refractivity contribution in [2.24, 2.45) is 14.1 Å². The van der Waals surface area contributed by atoms with Crippen molar-refractivity contribution in [3.8, 4) is 22.7 Å². The number of phenols is 1. The first-order valence-electron chi connectivity index (χ1n) is 12.1. The Bertz CT molecular complexity index is 1830. The average Bonchev–Trinajstić information content (AvgIpc) is 3.29. The van der Waals surface area contributed by atoms with Crippen molar-refractivity contribution in [3.63, 3.8) is 0 Å². The average molecular weight is 491 g/mol. The van der Waals surface area contributed by atoms with Crippen LogP contribution in [0, 0.1) is 0 Å². The van der Waals surface area contributed by atoms with Crippen LogP contribution in [0.5, 0.6) is 5.75 Å². The van der Waals surface area contributed by atoms with Crippen LogP contribution < -0.4 is 16.6 Å². The van der Waals surface area contributed by atoms with E-state index in [4.69, 9.17) is 0 Å². The number of hydrogen-bond donors (Lipinski definition) is 2. The highest BCUT2D eigenvalue weighted by Crippen LogP contribution is 2.47. The van der Waals surface area contributed by atoms with Gasteiger partial charge < -0.3 is 15.0 Å². The highest BCUT2D eigenvalue weighted by Gasteiger charge is 2.35. The summed E-state index contributed by atoms with van der Waals surface area (Å²) < 4.78 is 4.75. The van der Waals surface area contributed by atoms with Crippen LogP contribution in [0.15, 0.2) is 95.0 Å². The molecule has 1 atom stereocenters. The molecule has 0 bridgehead atoms. The molecule has 6 rings (SSSR count). The molecule has 0 saturated carbocycles.